The van der Waals surface area contributed by atoms with Gasteiger partial charge in [0.05, 0.1) is 18.9 Å². The van der Waals surface area contributed by atoms with Gasteiger partial charge in [0, 0.05) is 18.4 Å². The average molecular weight is 412 g/mol. The molecule has 30 heavy (non-hydrogen) atoms. The van der Waals surface area contributed by atoms with Crippen molar-refractivity contribution in [1.82, 2.24) is 4.98 Å². The summed E-state index contributed by atoms with van der Waals surface area (Å²) in [6.45, 7) is 9.11. The van der Waals surface area contributed by atoms with E-state index in [0.717, 1.165) is 54.5 Å². The number of unbranched alkanes of at least 4 members (excludes halogenated alkanes) is 5. The van der Waals surface area contributed by atoms with Crippen molar-refractivity contribution >= 4 is 0 Å². The van der Waals surface area contributed by atoms with Gasteiger partial charge in [0.2, 0.25) is 0 Å². The summed E-state index contributed by atoms with van der Waals surface area (Å²) in [6.07, 6.45) is 13.2. The lowest BCUT2D eigenvalue weighted by Gasteiger charge is -2.09. The molecule has 0 radical (unpaired) electrons. The molecule has 2 rings (SSSR count). The molecule has 0 saturated carbocycles. The quantitative estimate of drug-likeness (QED) is 0.264. The molecule has 3 nitrogen and oxygen atoms in total. The molecule has 0 bridgehead atoms. The number of pyridine rings is 1. The maximum Gasteiger partial charge on any atom is 0.119 e. The molecule has 3 heteroatoms. The summed E-state index contributed by atoms with van der Waals surface area (Å²) in [4.78, 5) is 4.60. The number of hydrogen-bond acceptors (Lipinski definition) is 3. The largest absolute Gasteiger partial charge is 0.494 e. The van der Waals surface area contributed by atoms with Crippen LogP contribution in [0.4, 0.5) is 0 Å². The summed E-state index contributed by atoms with van der Waals surface area (Å²) in [7, 11) is 0. The van der Waals surface area contributed by atoms with Crippen molar-refractivity contribution in [3.8, 4) is 17.0 Å². The summed E-state index contributed by atoms with van der Waals surface area (Å²) in [6, 6.07) is 12.4. The number of aromatic nitrogens is 1. The smallest absolute Gasteiger partial charge is 0.119 e. The number of nitrogens with zero attached hydrogens (tertiary/aromatic N) is 1. The topological polar surface area (TPSA) is 31.4 Å². The van der Waals surface area contributed by atoms with Gasteiger partial charge >= 0.3 is 0 Å². The van der Waals surface area contributed by atoms with Gasteiger partial charge in [0.15, 0.2) is 0 Å². The molecule has 1 aromatic carbocycles. The van der Waals surface area contributed by atoms with Crippen LogP contribution in [-0.4, -0.2) is 18.2 Å². The third-order valence-electron chi connectivity index (χ3n) is 5.69. The first-order valence-electron chi connectivity index (χ1n) is 12.0. The first-order valence-corrected chi connectivity index (χ1v) is 12.0. The lowest BCUT2D eigenvalue weighted by molar-refractivity contribution is 0.116. The van der Waals surface area contributed by atoms with Gasteiger partial charge < -0.3 is 9.47 Å². The van der Waals surface area contributed by atoms with Crippen LogP contribution in [0.5, 0.6) is 5.75 Å². The molecule has 0 aliphatic heterocycles. The van der Waals surface area contributed by atoms with Gasteiger partial charge in [-0.05, 0) is 54.7 Å². The van der Waals surface area contributed by atoms with E-state index in [2.05, 4.69) is 50.0 Å². The van der Waals surface area contributed by atoms with Gasteiger partial charge in [-0.25, -0.2) is 0 Å². The van der Waals surface area contributed by atoms with Gasteiger partial charge in [-0.1, -0.05) is 71.8 Å². The molecular weight excluding hydrogens is 370 g/mol. The monoisotopic (exact) mass is 411 g/mol. The van der Waals surface area contributed by atoms with Crippen LogP contribution in [0, 0.1) is 5.92 Å². The number of benzene rings is 1. The minimum absolute atomic E-state index is 0.642. The normalized spacial score (nSPS) is 12.1. The Morgan fingerprint density at radius 2 is 1.60 bits per heavy atom. The first-order chi connectivity index (χ1) is 14.7. The fourth-order valence-corrected chi connectivity index (χ4v) is 3.39. The van der Waals surface area contributed by atoms with E-state index in [1.165, 1.54) is 44.9 Å². The molecule has 0 spiro atoms. The third kappa shape index (κ3) is 9.75. The molecule has 1 heterocycles. The van der Waals surface area contributed by atoms with E-state index in [9.17, 15) is 0 Å². The van der Waals surface area contributed by atoms with Crippen molar-refractivity contribution in [2.75, 3.05) is 13.2 Å². The van der Waals surface area contributed by atoms with Crippen LogP contribution in [0.3, 0.4) is 0 Å². The third-order valence-corrected chi connectivity index (χ3v) is 5.69. The van der Waals surface area contributed by atoms with Gasteiger partial charge in [-0.15, -0.1) is 0 Å². The van der Waals surface area contributed by atoms with Crippen LogP contribution < -0.4 is 4.74 Å². The van der Waals surface area contributed by atoms with E-state index in [4.69, 9.17) is 9.47 Å². The van der Waals surface area contributed by atoms with E-state index in [1.54, 1.807) is 0 Å². The zero-order valence-corrected chi connectivity index (χ0v) is 19.4. The molecule has 166 valence electrons. The standard InChI is InChI=1S/C27H41NO2/c1-4-6-7-10-19-29-22-24-13-18-27(28-21-24)25-14-16-26(17-15-25)30-20-11-8-9-12-23(3)5-2/h13-18,21,23H,4-12,19-20,22H2,1-3H3. The summed E-state index contributed by atoms with van der Waals surface area (Å²) in [5.41, 5.74) is 3.23. The zero-order valence-electron chi connectivity index (χ0n) is 19.4. The molecule has 1 aromatic heterocycles. The Hall–Kier alpha value is -1.87. The van der Waals surface area contributed by atoms with E-state index >= 15 is 0 Å². The van der Waals surface area contributed by atoms with E-state index in [1.807, 2.05) is 18.3 Å². The number of rotatable bonds is 16. The molecule has 1 atom stereocenters. The van der Waals surface area contributed by atoms with Crippen molar-refractivity contribution in [2.45, 2.75) is 85.2 Å². The van der Waals surface area contributed by atoms with Crippen LogP contribution in [-0.2, 0) is 11.3 Å². The Bertz CT molecular complexity index is 666. The first kappa shape index (κ1) is 24.4. The fourth-order valence-electron chi connectivity index (χ4n) is 3.39. The maximum atomic E-state index is 5.89. The minimum Gasteiger partial charge on any atom is -0.494 e. The van der Waals surface area contributed by atoms with Crippen molar-refractivity contribution < 1.29 is 9.47 Å². The second-order valence-corrected chi connectivity index (χ2v) is 8.40. The van der Waals surface area contributed by atoms with Crippen molar-refractivity contribution in [2.24, 2.45) is 5.92 Å². The molecule has 0 amide bonds. The number of hydrogen-bond donors (Lipinski definition) is 0. The lowest BCUT2D eigenvalue weighted by atomic mass is 10.0. The molecule has 0 aliphatic rings. The fraction of sp³-hybridized carbons (Fsp3) is 0.593. The van der Waals surface area contributed by atoms with Crippen LogP contribution in [0.1, 0.15) is 84.1 Å². The average Bonchev–Trinajstić information content (AvgIpc) is 2.79. The zero-order chi connectivity index (χ0) is 21.4. The highest BCUT2D eigenvalue weighted by molar-refractivity contribution is 5.60. The Labute approximate surface area is 184 Å². The minimum atomic E-state index is 0.642. The van der Waals surface area contributed by atoms with Crippen LogP contribution in [0.25, 0.3) is 11.3 Å². The Morgan fingerprint density at radius 3 is 2.30 bits per heavy atom. The molecule has 0 aliphatic carbocycles. The number of ether oxygens (including phenoxy) is 2. The Balaban J connectivity index is 1.67. The lowest BCUT2D eigenvalue weighted by Crippen LogP contribution is -1.98. The van der Waals surface area contributed by atoms with Crippen LogP contribution >= 0.6 is 0 Å². The molecule has 0 fully saturated rings. The highest BCUT2D eigenvalue weighted by Gasteiger charge is 2.02. The predicted octanol–water partition coefficient (Wildman–Crippen LogP) is 7.83. The SMILES string of the molecule is CCCCCCOCc1ccc(-c2ccc(OCCCCCC(C)CC)cc2)nc1. The van der Waals surface area contributed by atoms with Gasteiger partial charge in [-0.2, -0.15) is 0 Å². The highest BCUT2D eigenvalue weighted by Crippen LogP contribution is 2.21. The summed E-state index contributed by atoms with van der Waals surface area (Å²) in [5, 5.41) is 0. The van der Waals surface area contributed by atoms with Gasteiger partial charge in [-0.3, -0.25) is 4.98 Å². The van der Waals surface area contributed by atoms with E-state index in [0.29, 0.717) is 6.61 Å². The second kappa shape index (κ2) is 15.0. The van der Waals surface area contributed by atoms with Crippen molar-refractivity contribution in [1.29, 1.82) is 0 Å². The van der Waals surface area contributed by atoms with Gasteiger partial charge in [0.1, 0.15) is 5.75 Å². The molecule has 2 aromatic rings. The van der Waals surface area contributed by atoms with Crippen LogP contribution in [0.15, 0.2) is 42.6 Å². The second-order valence-electron chi connectivity index (χ2n) is 8.40. The highest BCUT2D eigenvalue weighted by atomic mass is 16.5. The Kier molecular flexibility index (Phi) is 12.2. The summed E-state index contributed by atoms with van der Waals surface area (Å²) in [5.74, 6) is 1.79. The molecule has 1 unspecified atom stereocenters. The molecular formula is C27H41NO2. The Morgan fingerprint density at radius 1 is 0.833 bits per heavy atom. The maximum absolute atomic E-state index is 5.89. The molecule has 0 N–H and O–H groups in total. The van der Waals surface area contributed by atoms with Gasteiger partial charge in [0.25, 0.3) is 0 Å². The summed E-state index contributed by atoms with van der Waals surface area (Å²) >= 11 is 0. The summed E-state index contributed by atoms with van der Waals surface area (Å²) < 4.78 is 11.6. The van der Waals surface area contributed by atoms with Crippen molar-refractivity contribution in [3.05, 3.63) is 48.2 Å². The predicted molar refractivity (Wildman–Crippen MR) is 127 cm³/mol. The van der Waals surface area contributed by atoms with E-state index in [-0.39, 0.29) is 0 Å². The molecule has 0 saturated heterocycles. The van der Waals surface area contributed by atoms with Crippen molar-refractivity contribution in [3.63, 3.8) is 0 Å². The van der Waals surface area contributed by atoms with E-state index < -0.39 is 0 Å². The van der Waals surface area contributed by atoms with Crippen LogP contribution in [0.2, 0.25) is 0 Å².